The smallest absolute Gasteiger partial charge is 0.257 e. The van der Waals surface area contributed by atoms with Crippen LogP contribution in [0.25, 0.3) is 0 Å². The molecule has 2 aromatic rings. The number of hydrazone groups is 1. The number of carbonyl (C=O) groups excluding carboxylic acids is 2. The molecule has 4 rings (SSSR count). The summed E-state index contributed by atoms with van der Waals surface area (Å²) < 4.78 is 11.1. The number of nitrogens with two attached hydrogens (primary N) is 1. The Morgan fingerprint density at radius 3 is 2.40 bits per heavy atom. The summed E-state index contributed by atoms with van der Waals surface area (Å²) in [5.74, 6) is 0.921. The van der Waals surface area contributed by atoms with Crippen LogP contribution in [0.2, 0.25) is 0 Å². The molecular weight excluding hydrogens is 444 g/mol. The summed E-state index contributed by atoms with van der Waals surface area (Å²) >= 11 is 0. The highest BCUT2D eigenvalue weighted by atomic mass is 16.5. The van der Waals surface area contributed by atoms with Gasteiger partial charge in [-0.05, 0) is 80.7 Å². The molecule has 2 aromatic carbocycles. The monoisotopic (exact) mass is 478 g/mol. The maximum atomic E-state index is 13.6. The van der Waals surface area contributed by atoms with Crippen LogP contribution in [-0.2, 0) is 9.59 Å². The van der Waals surface area contributed by atoms with Gasteiger partial charge in [0.2, 0.25) is 5.91 Å². The van der Waals surface area contributed by atoms with Gasteiger partial charge in [-0.15, -0.1) is 0 Å². The van der Waals surface area contributed by atoms with Crippen LogP contribution in [0.4, 0.5) is 0 Å². The van der Waals surface area contributed by atoms with Gasteiger partial charge >= 0.3 is 0 Å². The van der Waals surface area contributed by atoms with Crippen molar-refractivity contribution in [3.8, 4) is 11.5 Å². The van der Waals surface area contributed by atoms with Crippen LogP contribution in [0.1, 0.15) is 47.6 Å². The summed E-state index contributed by atoms with van der Waals surface area (Å²) in [6.07, 6.45) is 1.92. The molecule has 186 valence electrons. The average molecular weight is 479 g/mol. The first-order valence-electron chi connectivity index (χ1n) is 12.0. The van der Waals surface area contributed by atoms with Crippen molar-refractivity contribution < 1.29 is 19.1 Å². The zero-order valence-corrected chi connectivity index (χ0v) is 20.9. The number of piperidine rings is 1. The third-order valence-electron chi connectivity index (χ3n) is 7.15. The van der Waals surface area contributed by atoms with Gasteiger partial charge in [-0.25, -0.2) is 5.01 Å². The van der Waals surface area contributed by atoms with Gasteiger partial charge in [-0.2, -0.15) is 5.10 Å². The number of benzene rings is 2. The molecule has 0 saturated carbocycles. The first-order chi connectivity index (χ1) is 16.8. The zero-order valence-electron chi connectivity index (χ0n) is 20.9. The number of nitrogens with zero attached hydrogens (tertiary/aromatic N) is 3. The fourth-order valence-corrected chi connectivity index (χ4v) is 4.82. The molecule has 0 aliphatic carbocycles. The molecule has 2 N–H and O–H groups in total. The van der Waals surface area contributed by atoms with E-state index in [4.69, 9.17) is 20.3 Å². The van der Waals surface area contributed by atoms with E-state index in [2.05, 4.69) is 36.9 Å². The van der Waals surface area contributed by atoms with Gasteiger partial charge in [0.1, 0.15) is 11.5 Å². The number of methoxy groups -OCH3 is 2. The first-order valence-corrected chi connectivity index (χ1v) is 12.0. The number of hydrogen-bond acceptors (Lipinski definition) is 6. The summed E-state index contributed by atoms with van der Waals surface area (Å²) in [5, 5.41) is 6.43. The van der Waals surface area contributed by atoms with Crippen LogP contribution in [-0.4, -0.2) is 61.3 Å². The molecule has 0 bridgehead atoms. The number of likely N-dealkylation sites (tertiary alicyclic amines) is 1. The Morgan fingerprint density at radius 1 is 1.03 bits per heavy atom. The van der Waals surface area contributed by atoms with Crippen LogP contribution in [0.5, 0.6) is 11.5 Å². The van der Waals surface area contributed by atoms with Gasteiger partial charge in [-0.3, -0.25) is 14.5 Å². The number of amides is 2. The van der Waals surface area contributed by atoms with E-state index in [9.17, 15) is 9.59 Å². The van der Waals surface area contributed by atoms with Crippen LogP contribution >= 0.6 is 0 Å². The lowest BCUT2D eigenvalue weighted by atomic mass is 9.95. The maximum Gasteiger partial charge on any atom is 0.257 e. The summed E-state index contributed by atoms with van der Waals surface area (Å²) in [6.45, 7) is 5.71. The minimum atomic E-state index is -0.313. The van der Waals surface area contributed by atoms with E-state index >= 15 is 0 Å². The number of carbonyl (C=O) groups is 2. The molecule has 1 saturated heterocycles. The second-order valence-corrected chi connectivity index (χ2v) is 9.36. The molecule has 0 unspecified atom stereocenters. The van der Waals surface area contributed by atoms with Gasteiger partial charge in [0.05, 0.1) is 32.5 Å². The van der Waals surface area contributed by atoms with Gasteiger partial charge in [-0.1, -0.05) is 12.1 Å². The molecule has 2 aliphatic rings. The number of ether oxygens (including phenoxy) is 2. The Kier molecular flexibility index (Phi) is 7.40. The largest absolute Gasteiger partial charge is 0.497 e. The maximum absolute atomic E-state index is 13.6. The molecular formula is C27H34N4O4. The van der Waals surface area contributed by atoms with Crippen molar-refractivity contribution in [2.24, 2.45) is 16.8 Å². The Morgan fingerprint density at radius 2 is 1.77 bits per heavy atom. The van der Waals surface area contributed by atoms with Crippen molar-refractivity contribution in [3.63, 3.8) is 0 Å². The highest BCUT2D eigenvalue weighted by Crippen LogP contribution is 2.39. The molecule has 8 nitrogen and oxygen atoms in total. The number of primary amides is 1. The predicted octanol–water partition coefficient (Wildman–Crippen LogP) is 3.20. The normalized spacial score (nSPS) is 18.9. The van der Waals surface area contributed by atoms with Crippen molar-refractivity contribution in [3.05, 3.63) is 58.7 Å². The molecule has 35 heavy (non-hydrogen) atoms. The van der Waals surface area contributed by atoms with Crippen molar-refractivity contribution in [1.82, 2.24) is 9.91 Å². The van der Waals surface area contributed by atoms with E-state index in [1.807, 2.05) is 18.2 Å². The lowest BCUT2D eigenvalue weighted by Gasteiger charge is -2.31. The van der Waals surface area contributed by atoms with Crippen molar-refractivity contribution >= 4 is 17.5 Å². The van der Waals surface area contributed by atoms with Crippen LogP contribution in [0, 0.1) is 19.8 Å². The van der Waals surface area contributed by atoms with E-state index in [0.29, 0.717) is 43.9 Å². The lowest BCUT2D eigenvalue weighted by molar-refractivity contribution is -0.134. The van der Waals surface area contributed by atoms with E-state index in [1.165, 1.54) is 11.1 Å². The molecule has 0 radical (unpaired) electrons. The van der Waals surface area contributed by atoms with Gasteiger partial charge in [0.15, 0.2) is 0 Å². The van der Waals surface area contributed by atoms with E-state index in [-0.39, 0.29) is 30.3 Å². The van der Waals surface area contributed by atoms with Crippen molar-refractivity contribution in [1.29, 1.82) is 0 Å². The summed E-state index contributed by atoms with van der Waals surface area (Å²) in [5.41, 5.74) is 10.6. The SMILES string of the molecule is COc1ccc(OC)c([C@@H]2CC(c3ccc(C)c(C)c3)=NN2C(=O)CN2CCC(C(N)=O)CC2)c1. The average Bonchev–Trinajstić information content (AvgIpc) is 3.31. The van der Waals surface area contributed by atoms with Crippen molar-refractivity contribution in [2.45, 2.75) is 39.2 Å². The van der Waals surface area contributed by atoms with E-state index in [1.54, 1.807) is 19.2 Å². The molecule has 8 heteroatoms. The zero-order chi connectivity index (χ0) is 25.1. The van der Waals surface area contributed by atoms with Crippen LogP contribution in [0.15, 0.2) is 41.5 Å². The standard InChI is InChI=1S/C27H34N4O4/c1-17-5-6-20(13-18(17)2)23-15-24(22-14-21(34-3)7-8-25(22)35-4)31(29-23)26(32)16-30-11-9-19(10-12-30)27(28)33/h5-8,13-14,19,24H,9-12,15-16H2,1-4H3,(H2,28,33)/t24-/m0/s1. The van der Waals surface area contributed by atoms with Gasteiger partial charge < -0.3 is 15.2 Å². The Bertz CT molecular complexity index is 1140. The molecule has 1 atom stereocenters. The topological polar surface area (TPSA) is 97.5 Å². The molecule has 2 aliphatic heterocycles. The minimum Gasteiger partial charge on any atom is -0.497 e. The second-order valence-electron chi connectivity index (χ2n) is 9.36. The molecule has 0 aromatic heterocycles. The molecule has 2 amide bonds. The number of hydrogen-bond donors (Lipinski definition) is 1. The van der Waals surface area contributed by atoms with Gasteiger partial charge in [0, 0.05) is 17.9 Å². The Labute approximate surface area is 206 Å². The fraction of sp³-hybridized carbons (Fsp3) is 0.444. The highest BCUT2D eigenvalue weighted by Gasteiger charge is 2.36. The van der Waals surface area contributed by atoms with Crippen molar-refractivity contribution in [2.75, 3.05) is 33.9 Å². The third-order valence-corrected chi connectivity index (χ3v) is 7.15. The molecule has 1 fully saturated rings. The number of aryl methyl sites for hydroxylation is 2. The Balaban J connectivity index is 1.63. The molecule has 2 heterocycles. The van der Waals surface area contributed by atoms with Gasteiger partial charge in [0.25, 0.3) is 5.91 Å². The first kappa shape index (κ1) is 24.7. The van der Waals surface area contributed by atoms with Crippen LogP contribution < -0.4 is 15.2 Å². The minimum absolute atomic E-state index is 0.0868. The summed E-state index contributed by atoms with van der Waals surface area (Å²) in [6, 6.07) is 11.6. The third kappa shape index (κ3) is 5.32. The lowest BCUT2D eigenvalue weighted by Crippen LogP contribution is -2.44. The highest BCUT2D eigenvalue weighted by molar-refractivity contribution is 6.03. The van der Waals surface area contributed by atoms with Crippen LogP contribution in [0.3, 0.4) is 0 Å². The summed E-state index contributed by atoms with van der Waals surface area (Å²) in [4.78, 5) is 27.2. The quantitative estimate of drug-likeness (QED) is 0.659. The molecule has 0 spiro atoms. The Hall–Kier alpha value is -3.39. The second kappa shape index (κ2) is 10.5. The predicted molar refractivity (Wildman–Crippen MR) is 135 cm³/mol. The fourth-order valence-electron chi connectivity index (χ4n) is 4.82. The van der Waals surface area contributed by atoms with E-state index in [0.717, 1.165) is 16.8 Å². The van der Waals surface area contributed by atoms with E-state index < -0.39 is 0 Å². The number of rotatable bonds is 7. The summed E-state index contributed by atoms with van der Waals surface area (Å²) in [7, 11) is 3.25.